The van der Waals surface area contributed by atoms with Crippen LogP contribution in [0.2, 0.25) is 0 Å². The number of likely N-dealkylation sites (N-methyl/N-ethyl adjacent to an activating group) is 1. The Balaban J connectivity index is 1.85. The second-order valence-corrected chi connectivity index (χ2v) is 6.21. The number of hydrogen-bond donors (Lipinski definition) is 1. The van der Waals surface area contributed by atoms with Crippen LogP contribution in [0.1, 0.15) is 24.9 Å². The molecule has 0 fully saturated rings. The molecule has 0 radical (unpaired) electrons. The van der Waals surface area contributed by atoms with Gasteiger partial charge in [-0.2, -0.15) is 0 Å². The van der Waals surface area contributed by atoms with Crippen LogP contribution in [0.4, 0.5) is 0 Å². The topological polar surface area (TPSA) is 67.9 Å². The first-order valence-corrected chi connectivity index (χ1v) is 8.82. The van der Waals surface area contributed by atoms with Crippen LogP contribution < -0.4 is 14.8 Å². The van der Waals surface area contributed by atoms with Gasteiger partial charge in [0.15, 0.2) is 0 Å². The van der Waals surface area contributed by atoms with E-state index < -0.39 is 0 Å². The molecule has 27 heavy (non-hydrogen) atoms. The normalized spacial score (nSPS) is 11.4. The zero-order valence-corrected chi connectivity index (χ0v) is 16.0. The Morgan fingerprint density at radius 3 is 2.26 bits per heavy atom. The van der Waals surface area contributed by atoms with Gasteiger partial charge in [-0.25, -0.2) is 0 Å². The number of hydrogen-bond acceptors (Lipinski definition) is 4. The van der Waals surface area contributed by atoms with Crippen LogP contribution in [0.25, 0.3) is 0 Å². The first-order valence-electron chi connectivity index (χ1n) is 8.82. The fourth-order valence-corrected chi connectivity index (χ4v) is 2.61. The first kappa shape index (κ1) is 20.3. The highest BCUT2D eigenvalue weighted by molar-refractivity contribution is 5.79. The molecule has 2 amide bonds. The molecule has 2 aromatic carbocycles. The molecule has 0 heterocycles. The highest BCUT2D eigenvalue weighted by atomic mass is 16.5. The fourth-order valence-electron chi connectivity index (χ4n) is 2.61. The molecule has 0 spiro atoms. The van der Waals surface area contributed by atoms with Gasteiger partial charge in [-0.15, -0.1) is 0 Å². The van der Waals surface area contributed by atoms with E-state index in [1.807, 2.05) is 54.6 Å². The van der Waals surface area contributed by atoms with E-state index in [1.54, 1.807) is 19.1 Å². The zero-order chi connectivity index (χ0) is 19.6. The molecule has 6 heteroatoms. The Hall–Kier alpha value is -3.02. The molecule has 0 aliphatic rings. The Morgan fingerprint density at radius 1 is 1.04 bits per heavy atom. The van der Waals surface area contributed by atoms with Crippen molar-refractivity contribution in [1.82, 2.24) is 10.2 Å². The molecular formula is C21H26N2O4. The summed E-state index contributed by atoms with van der Waals surface area (Å²) in [6.07, 6.45) is 0.197. The van der Waals surface area contributed by atoms with Crippen molar-refractivity contribution in [2.24, 2.45) is 0 Å². The maximum absolute atomic E-state index is 12.5. The number of carbonyl (C=O) groups excluding carboxylic acids is 2. The largest absolute Gasteiger partial charge is 0.497 e. The first-order chi connectivity index (χ1) is 13.0. The Labute approximate surface area is 160 Å². The van der Waals surface area contributed by atoms with E-state index >= 15 is 0 Å². The number of rotatable bonds is 9. The van der Waals surface area contributed by atoms with Gasteiger partial charge in [-0.05, 0) is 29.8 Å². The second kappa shape index (κ2) is 10.2. The number of carbonyl (C=O) groups is 2. The lowest BCUT2D eigenvalue weighted by Crippen LogP contribution is -2.35. The van der Waals surface area contributed by atoms with Crippen molar-refractivity contribution in [3.63, 3.8) is 0 Å². The standard InChI is InChI=1S/C21H26N2O4/c1-16(24)22-20(17-7-5-4-6-8-17)15-21(25)23(2)13-14-27-19-11-9-18(26-3)10-12-19/h4-12,20H,13-15H2,1-3H3,(H,22,24). The molecule has 0 saturated carbocycles. The van der Waals surface area contributed by atoms with Crippen LogP contribution in [0.5, 0.6) is 11.5 Å². The van der Waals surface area contributed by atoms with Gasteiger partial charge in [-0.1, -0.05) is 30.3 Å². The zero-order valence-electron chi connectivity index (χ0n) is 16.0. The second-order valence-electron chi connectivity index (χ2n) is 6.21. The van der Waals surface area contributed by atoms with Gasteiger partial charge in [0.1, 0.15) is 18.1 Å². The number of methoxy groups -OCH3 is 1. The lowest BCUT2D eigenvalue weighted by molar-refractivity contribution is -0.131. The average Bonchev–Trinajstić information content (AvgIpc) is 2.68. The molecule has 6 nitrogen and oxygen atoms in total. The van der Waals surface area contributed by atoms with E-state index in [2.05, 4.69) is 5.32 Å². The minimum absolute atomic E-state index is 0.0593. The number of nitrogens with zero attached hydrogens (tertiary/aromatic N) is 1. The van der Waals surface area contributed by atoms with Crippen LogP contribution in [0.3, 0.4) is 0 Å². The van der Waals surface area contributed by atoms with Crippen molar-refractivity contribution in [2.45, 2.75) is 19.4 Å². The van der Waals surface area contributed by atoms with Gasteiger partial charge in [0.05, 0.1) is 26.1 Å². The van der Waals surface area contributed by atoms with Crippen molar-refractivity contribution >= 4 is 11.8 Å². The van der Waals surface area contributed by atoms with Crippen molar-refractivity contribution in [2.75, 3.05) is 27.3 Å². The summed E-state index contributed by atoms with van der Waals surface area (Å²) in [5.41, 5.74) is 0.906. The van der Waals surface area contributed by atoms with E-state index in [-0.39, 0.29) is 24.3 Å². The molecule has 144 valence electrons. The third kappa shape index (κ3) is 6.66. The molecule has 2 rings (SSSR count). The Kier molecular flexibility index (Phi) is 7.67. The third-order valence-corrected chi connectivity index (χ3v) is 4.14. The molecular weight excluding hydrogens is 344 g/mol. The predicted octanol–water partition coefficient (Wildman–Crippen LogP) is 2.80. The van der Waals surface area contributed by atoms with Crippen molar-refractivity contribution in [3.8, 4) is 11.5 Å². The highest BCUT2D eigenvalue weighted by Crippen LogP contribution is 2.18. The molecule has 0 aliphatic heterocycles. The molecule has 1 N–H and O–H groups in total. The van der Waals surface area contributed by atoms with E-state index in [9.17, 15) is 9.59 Å². The summed E-state index contributed by atoms with van der Waals surface area (Å²) < 4.78 is 10.8. The predicted molar refractivity (Wildman–Crippen MR) is 104 cm³/mol. The quantitative estimate of drug-likeness (QED) is 0.737. The summed E-state index contributed by atoms with van der Waals surface area (Å²) in [6.45, 7) is 2.28. The molecule has 1 unspecified atom stereocenters. The minimum atomic E-state index is -0.346. The molecule has 0 bridgehead atoms. The van der Waals surface area contributed by atoms with Crippen molar-refractivity contribution in [1.29, 1.82) is 0 Å². The van der Waals surface area contributed by atoms with Crippen LogP contribution in [0, 0.1) is 0 Å². The number of amides is 2. The molecule has 1 atom stereocenters. The number of benzene rings is 2. The van der Waals surface area contributed by atoms with E-state index in [0.29, 0.717) is 13.2 Å². The van der Waals surface area contributed by atoms with Crippen molar-refractivity contribution in [3.05, 3.63) is 60.2 Å². The van der Waals surface area contributed by atoms with Gasteiger partial charge in [-0.3, -0.25) is 9.59 Å². The van der Waals surface area contributed by atoms with E-state index in [4.69, 9.17) is 9.47 Å². The molecule has 2 aromatic rings. The smallest absolute Gasteiger partial charge is 0.224 e. The third-order valence-electron chi connectivity index (χ3n) is 4.14. The average molecular weight is 370 g/mol. The molecule has 0 saturated heterocycles. The van der Waals surface area contributed by atoms with Crippen molar-refractivity contribution < 1.29 is 19.1 Å². The summed E-state index contributed by atoms with van der Waals surface area (Å²) in [6, 6.07) is 16.4. The fraction of sp³-hybridized carbons (Fsp3) is 0.333. The summed E-state index contributed by atoms with van der Waals surface area (Å²) in [5, 5.41) is 2.85. The summed E-state index contributed by atoms with van der Waals surface area (Å²) >= 11 is 0. The molecule has 0 aliphatic carbocycles. The lowest BCUT2D eigenvalue weighted by atomic mass is 10.0. The van der Waals surface area contributed by atoms with Gasteiger partial charge in [0.25, 0.3) is 0 Å². The highest BCUT2D eigenvalue weighted by Gasteiger charge is 2.19. The van der Waals surface area contributed by atoms with E-state index in [0.717, 1.165) is 17.1 Å². The van der Waals surface area contributed by atoms with Gasteiger partial charge >= 0.3 is 0 Å². The number of nitrogens with one attached hydrogen (secondary N) is 1. The van der Waals surface area contributed by atoms with Crippen LogP contribution in [-0.4, -0.2) is 44.0 Å². The number of ether oxygens (including phenoxy) is 2. The maximum atomic E-state index is 12.5. The maximum Gasteiger partial charge on any atom is 0.224 e. The monoisotopic (exact) mass is 370 g/mol. The summed E-state index contributed by atoms with van der Waals surface area (Å²) in [4.78, 5) is 25.6. The van der Waals surface area contributed by atoms with Crippen LogP contribution in [-0.2, 0) is 9.59 Å². The molecule has 0 aromatic heterocycles. The van der Waals surface area contributed by atoms with E-state index in [1.165, 1.54) is 6.92 Å². The van der Waals surface area contributed by atoms with Crippen LogP contribution >= 0.6 is 0 Å². The summed E-state index contributed by atoms with van der Waals surface area (Å²) in [7, 11) is 3.34. The summed E-state index contributed by atoms with van der Waals surface area (Å²) in [5.74, 6) is 1.26. The SMILES string of the molecule is COc1ccc(OCCN(C)C(=O)CC(NC(C)=O)c2ccccc2)cc1. The van der Waals surface area contributed by atoms with Gasteiger partial charge in [0.2, 0.25) is 11.8 Å². The minimum Gasteiger partial charge on any atom is -0.497 e. The lowest BCUT2D eigenvalue weighted by Gasteiger charge is -2.22. The van der Waals surface area contributed by atoms with Crippen LogP contribution in [0.15, 0.2) is 54.6 Å². The Bertz CT molecular complexity index is 732. The van der Waals surface area contributed by atoms with Gasteiger partial charge < -0.3 is 19.7 Å². The Morgan fingerprint density at radius 2 is 1.67 bits per heavy atom. The van der Waals surface area contributed by atoms with Gasteiger partial charge in [0, 0.05) is 14.0 Å².